The minimum atomic E-state index is -0.582. The van der Waals surface area contributed by atoms with Crippen LogP contribution in [0.4, 0.5) is 0 Å². The minimum Gasteiger partial charge on any atom is -0.377 e. The Hall–Kier alpha value is -1.14. The molecule has 2 heterocycles. The summed E-state index contributed by atoms with van der Waals surface area (Å²) in [6, 6.07) is 0. The molecule has 0 spiro atoms. The second-order valence-corrected chi connectivity index (χ2v) is 7.40. The summed E-state index contributed by atoms with van der Waals surface area (Å²) in [5.74, 6) is 0.0684. The van der Waals surface area contributed by atoms with Gasteiger partial charge in [0.1, 0.15) is 5.60 Å². The lowest BCUT2D eigenvalue weighted by Crippen LogP contribution is -2.52. The molecule has 2 saturated heterocycles. The van der Waals surface area contributed by atoms with Crippen molar-refractivity contribution in [2.45, 2.75) is 63.6 Å². The highest BCUT2D eigenvalue weighted by Crippen LogP contribution is 2.37. The molecule has 2 amide bonds. The number of carbonyl (C=O) groups is 2. The van der Waals surface area contributed by atoms with Gasteiger partial charge in [0.2, 0.25) is 5.91 Å². The molecule has 0 unspecified atom stereocenters. The lowest BCUT2D eigenvalue weighted by atomic mass is 9.83. The Morgan fingerprint density at radius 1 is 1.21 bits per heavy atom. The molecule has 0 aromatic carbocycles. The number of nitrogens with zero attached hydrogens (tertiary/aromatic N) is 1. The molecule has 3 fully saturated rings. The van der Waals surface area contributed by atoms with Crippen LogP contribution in [0.5, 0.6) is 0 Å². The van der Waals surface area contributed by atoms with Crippen LogP contribution < -0.4 is 5.73 Å². The largest absolute Gasteiger partial charge is 0.377 e. The van der Waals surface area contributed by atoms with Crippen molar-refractivity contribution in [3.05, 3.63) is 0 Å². The van der Waals surface area contributed by atoms with E-state index in [1.165, 1.54) is 0 Å². The van der Waals surface area contributed by atoms with E-state index in [2.05, 4.69) is 0 Å². The van der Waals surface area contributed by atoms with Crippen LogP contribution in [0.25, 0.3) is 0 Å². The van der Waals surface area contributed by atoms with Gasteiger partial charge in [0.25, 0.3) is 5.91 Å². The second-order valence-electron chi connectivity index (χ2n) is 7.40. The number of hydrogen-bond acceptors (Lipinski definition) is 4. The molecule has 1 saturated carbocycles. The summed E-state index contributed by atoms with van der Waals surface area (Å²) in [6.07, 6.45) is 6.24. The highest BCUT2D eigenvalue weighted by Gasteiger charge is 2.46. The number of rotatable bonds is 5. The van der Waals surface area contributed by atoms with Crippen molar-refractivity contribution in [2.75, 3.05) is 26.3 Å². The Morgan fingerprint density at radius 3 is 2.46 bits per heavy atom. The van der Waals surface area contributed by atoms with Gasteiger partial charge in [0, 0.05) is 26.3 Å². The van der Waals surface area contributed by atoms with Crippen molar-refractivity contribution in [1.29, 1.82) is 0 Å². The topological polar surface area (TPSA) is 81.9 Å². The van der Waals surface area contributed by atoms with E-state index in [-0.39, 0.29) is 23.8 Å². The van der Waals surface area contributed by atoms with Crippen LogP contribution >= 0.6 is 0 Å². The van der Waals surface area contributed by atoms with Gasteiger partial charge in [-0.05, 0) is 57.8 Å². The Morgan fingerprint density at radius 2 is 1.88 bits per heavy atom. The van der Waals surface area contributed by atoms with Gasteiger partial charge in [-0.25, -0.2) is 0 Å². The fourth-order valence-electron chi connectivity index (χ4n) is 4.74. The van der Waals surface area contributed by atoms with E-state index in [0.717, 1.165) is 58.0 Å². The van der Waals surface area contributed by atoms with Gasteiger partial charge in [-0.15, -0.1) is 0 Å². The molecule has 0 aromatic rings. The summed E-state index contributed by atoms with van der Waals surface area (Å²) in [7, 11) is 0. The Bertz CT molecular complexity index is 468. The van der Waals surface area contributed by atoms with Crippen LogP contribution in [0.2, 0.25) is 0 Å². The van der Waals surface area contributed by atoms with Crippen molar-refractivity contribution < 1.29 is 19.1 Å². The van der Waals surface area contributed by atoms with Crippen molar-refractivity contribution in [1.82, 2.24) is 4.90 Å². The number of primary amides is 1. The van der Waals surface area contributed by atoms with E-state index >= 15 is 0 Å². The Labute approximate surface area is 144 Å². The third-order valence-corrected chi connectivity index (χ3v) is 6.01. The summed E-state index contributed by atoms with van der Waals surface area (Å²) in [5.41, 5.74) is 4.92. The molecule has 6 heteroatoms. The van der Waals surface area contributed by atoms with Crippen LogP contribution in [-0.4, -0.2) is 54.7 Å². The van der Waals surface area contributed by atoms with Crippen LogP contribution in [0, 0.1) is 11.8 Å². The number of amides is 2. The maximum atomic E-state index is 13.0. The summed E-state index contributed by atoms with van der Waals surface area (Å²) in [6.45, 7) is 4.61. The Balaban J connectivity index is 1.58. The van der Waals surface area contributed by atoms with Gasteiger partial charge < -0.3 is 20.1 Å². The maximum Gasteiger partial charge on any atom is 0.254 e. The summed E-state index contributed by atoms with van der Waals surface area (Å²) < 4.78 is 11.7. The molecule has 3 aliphatic rings. The number of hydrogen-bond donors (Lipinski definition) is 1. The third kappa shape index (κ3) is 3.31. The zero-order valence-corrected chi connectivity index (χ0v) is 14.7. The van der Waals surface area contributed by atoms with Gasteiger partial charge in [0.05, 0.1) is 12.0 Å². The van der Waals surface area contributed by atoms with Crippen molar-refractivity contribution in [3.63, 3.8) is 0 Å². The molecule has 1 aliphatic carbocycles. The summed E-state index contributed by atoms with van der Waals surface area (Å²) in [4.78, 5) is 26.5. The number of piperidine rings is 1. The van der Waals surface area contributed by atoms with E-state index in [1.807, 2.05) is 11.8 Å². The summed E-state index contributed by atoms with van der Waals surface area (Å²) in [5, 5.41) is 0. The number of carbonyl (C=O) groups excluding carboxylic acids is 2. The monoisotopic (exact) mass is 338 g/mol. The van der Waals surface area contributed by atoms with Gasteiger partial charge >= 0.3 is 0 Å². The molecule has 0 aromatic heterocycles. The highest BCUT2D eigenvalue weighted by atomic mass is 16.5. The van der Waals surface area contributed by atoms with Crippen LogP contribution in [0.15, 0.2) is 0 Å². The van der Waals surface area contributed by atoms with Crippen molar-refractivity contribution in [2.24, 2.45) is 17.6 Å². The van der Waals surface area contributed by atoms with Crippen LogP contribution in [0.1, 0.15) is 51.9 Å². The molecular weight excluding hydrogens is 308 g/mol. The standard InChI is InChI=1S/C18H30N2O4/c1-2-24-18(8-3-4-9-18)17(22)20-10-5-13(6-11-20)15-14(16(19)21)7-12-23-15/h13-15H,2-12H2,1H3,(H2,19,21)/t14-,15+/m0/s1. The average Bonchev–Trinajstić information content (AvgIpc) is 3.25. The molecule has 6 nitrogen and oxygen atoms in total. The van der Waals surface area contributed by atoms with E-state index in [4.69, 9.17) is 15.2 Å². The van der Waals surface area contributed by atoms with Gasteiger partial charge in [-0.2, -0.15) is 0 Å². The molecule has 24 heavy (non-hydrogen) atoms. The van der Waals surface area contributed by atoms with Crippen LogP contribution in [-0.2, 0) is 19.1 Å². The first-order valence-electron chi connectivity index (χ1n) is 9.41. The van der Waals surface area contributed by atoms with Crippen molar-refractivity contribution in [3.8, 4) is 0 Å². The zero-order chi connectivity index (χ0) is 17.2. The molecule has 2 aliphatic heterocycles. The molecule has 0 radical (unpaired) electrons. The predicted octanol–water partition coefficient (Wildman–Crippen LogP) is 1.46. The SMILES string of the molecule is CCOC1(C(=O)N2CCC([C@H]3OCC[C@@H]3C(N)=O)CC2)CCCC1. The molecule has 136 valence electrons. The maximum absolute atomic E-state index is 13.0. The Kier molecular flexibility index (Phi) is 5.45. The van der Waals surface area contributed by atoms with E-state index in [9.17, 15) is 9.59 Å². The van der Waals surface area contributed by atoms with Gasteiger partial charge in [0.15, 0.2) is 0 Å². The fraction of sp³-hybridized carbons (Fsp3) is 0.889. The van der Waals surface area contributed by atoms with Crippen molar-refractivity contribution >= 4 is 11.8 Å². The fourth-order valence-corrected chi connectivity index (χ4v) is 4.74. The first-order valence-corrected chi connectivity index (χ1v) is 9.41. The molecular formula is C18H30N2O4. The van der Waals surface area contributed by atoms with E-state index in [0.29, 0.717) is 19.1 Å². The second kappa shape index (κ2) is 7.40. The molecule has 3 rings (SSSR count). The molecule has 2 atom stereocenters. The van der Waals surface area contributed by atoms with Gasteiger partial charge in [-0.1, -0.05) is 0 Å². The number of ether oxygens (including phenoxy) is 2. The first kappa shape index (κ1) is 17.7. The molecule has 2 N–H and O–H groups in total. The number of likely N-dealkylation sites (tertiary alicyclic amines) is 1. The van der Waals surface area contributed by atoms with E-state index in [1.54, 1.807) is 0 Å². The van der Waals surface area contributed by atoms with Gasteiger partial charge in [-0.3, -0.25) is 9.59 Å². The lowest BCUT2D eigenvalue weighted by Gasteiger charge is -2.40. The van der Waals surface area contributed by atoms with E-state index < -0.39 is 5.60 Å². The predicted molar refractivity (Wildman–Crippen MR) is 89.2 cm³/mol. The molecule has 0 bridgehead atoms. The smallest absolute Gasteiger partial charge is 0.254 e. The minimum absolute atomic E-state index is 0.0629. The van der Waals surface area contributed by atoms with Crippen LogP contribution in [0.3, 0.4) is 0 Å². The quantitative estimate of drug-likeness (QED) is 0.823. The average molecular weight is 338 g/mol. The number of nitrogens with two attached hydrogens (primary N) is 1. The summed E-state index contributed by atoms with van der Waals surface area (Å²) >= 11 is 0. The normalized spacial score (nSPS) is 30.6. The third-order valence-electron chi connectivity index (χ3n) is 6.01. The highest BCUT2D eigenvalue weighted by molar-refractivity contribution is 5.85. The zero-order valence-electron chi connectivity index (χ0n) is 14.7. The lowest BCUT2D eigenvalue weighted by molar-refractivity contribution is -0.159. The first-order chi connectivity index (χ1) is 11.6.